The Balaban J connectivity index is 2.04. The predicted molar refractivity (Wildman–Crippen MR) is 106 cm³/mol. The van der Waals surface area contributed by atoms with Gasteiger partial charge in [0.2, 0.25) is 5.95 Å². The van der Waals surface area contributed by atoms with Crippen molar-refractivity contribution in [3.8, 4) is 0 Å². The Morgan fingerprint density at radius 1 is 1.08 bits per heavy atom. The van der Waals surface area contributed by atoms with Gasteiger partial charge in [-0.05, 0) is 51.0 Å². The fourth-order valence-electron chi connectivity index (χ4n) is 2.73. The van der Waals surface area contributed by atoms with Gasteiger partial charge in [-0.25, -0.2) is 0 Å². The molecule has 2 N–H and O–H groups in total. The molecule has 0 aliphatic rings. The summed E-state index contributed by atoms with van der Waals surface area (Å²) >= 11 is 0. The highest BCUT2D eigenvalue weighted by atomic mass is 15.3. The average molecular weight is 342 g/mol. The van der Waals surface area contributed by atoms with Crippen LogP contribution in [-0.4, -0.2) is 34.8 Å². The molecule has 6 heteroatoms. The molecule has 0 amide bonds. The SMILES string of the molecule is CCCCCNc1cnnc(Nc2ccc(N(CC)CC)cc2C)n1. The van der Waals surface area contributed by atoms with Crippen molar-refractivity contribution < 1.29 is 0 Å². The molecule has 0 fully saturated rings. The lowest BCUT2D eigenvalue weighted by molar-refractivity contribution is 0.741. The van der Waals surface area contributed by atoms with E-state index in [4.69, 9.17) is 0 Å². The number of hydrogen-bond acceptors (Lipinski definition) is 6. The van der Waals surface area contributed by atoms with Crippen LogP contribution in [0.5, 0.6) is 0 Å². The number of rotatable bonds is 10. The maximum Gasteiger partial charge on any atom is 0.249 e. The first-order chi connectivity index (χ1) is 12.2. The van der Waals surface area contributed by atoms with Crippen LogP contribution in [0.15, 0.2) is 24.4 Å². The molecule has 2 rings (SSSR count). The lowest BCUT2D eigenvalue weighted by Crippen LogP contribution is -2.21. The first-order valence-corrected chi connectivity index (χ1v) is 9.24. The third kappa shape index (κ3) is 5.59. The molecule has 0 spiro atoms. The second-order valence-electron chi connectivity index (χ2n) is 6.10. The van der Waals surface area contributed by atoms with Gasteiger partial charge >= 0.3 is 0 Å². The molecule has 25 heavy (non-hydrogen) atoms. The minimum Gasteiger partial charge on any atom is -0.372 e. The molecule has 0 unspecified atom stereocenters. The van der Waals surface area contributed by atoms with Crippen molar-refractivity contribution in [1.29, 1.82) is 0 Å². The summed E-state index contributed by atoms with van der Waals surface area (Å²) in [6, 6.07) is 6.39. The molecular weight excluding hydrogens is 312 g/mol. The Labute approximate surface area is 151 Å². The summed E-state index contributed by atoms with van der Waals surface area (Å²) in [4.78, 5) is 6.82. The third-order valence-corrected chi connectivity index (χ3v) is 4.23. The van der Waals surface area contributed by atoms with E-state index in [1.807, 2.05) is 0 Å². The van der Waals surface area contributed by atoms with Gasteiger partial charge in [0.15, 0.2) is 5.82 Å². The van der Waals surface area contributed by atoms with Crippen LogP contribution in [0, 0.1) is 6.92 Å². The highest BCUT2D eigenvalue weighted by Crippen LogP contribution is 2.24. The van der Waals surface area contributed by atoms with Crippen LogP contribution in [-0.2, 0) is 0 Å². The Hall–Kier alpha value is -2.37. The Morgan fingerprint density at radius 2 is 1.88 bits per heavy atom. The van der Waals surface area contributed by atoms with Crippen molar-refractivity contribution in [1.82, 2.24) is 15.2 Å². The maximum absolute atomic E-state index is 4.49. The summed E-state index contributed by atoms with van der Waals surface area (Å²) in [6.45, 7) is 11.5. The fourth-order valence-corrected chi connectivity index (χ4v) is 2.73. The van der Waals surface area contributed by atoms with Gasteiger partial charge in [-0.3, -0.25) is 0 Å². The summed E-state index contributed by atoms with van der Waals surface area (Å²) < 4.78 is 0. The zero-order valence-corrected chi connectivity index (χ0v) is 15.8. The lowest BCUT2D eigenvalue weighted by Gasteiger charge is -2.22. The molecular formula is C19H30N6. The molecule has 0 bridgehead atoms. The number of aromatic nitrogens is 3. The van der Waals surface area contributed by atoms with E-state index in [9.17, 15) is 0 Å². The van der Waals surface area contributed by atoms with Crippen molar-refractivity contribution >= 4 is 23.1 Å². The van der Waals surface area contributed by atoms with Crippen LogP contribution in [0.1, 0.15) is 45.6 Å². The highest BCUT2D eigenvalue weighted by Gasteiger charge is 2.07. The maximum atomic E-state index is 4.49. The molecule has 1 aromatic heterocycles. The third-order valence-electron chi connectivity index (χ3n) is 4.23. The quantitative estimate of drug-likeness (QED) is 0.625. The molecule has 0 atom stereocenters. The minimum atomic E-state index is 0.513. The van der Waals surface area contributed by atoms with Crippen molar-refractivity contribution in [2.45, 2.75) is 47.0 Å². The number of aryl methyl sites for hydroxylation is 1. The number of nitrogens with zero attached hydrogens (tertiary/aromatic N) is 4. The van der Waals surface area contributed by atoms with E-state index in [1.165, 1.54) is 18.5 Å². The van der Waals surface area contributed by atoms with Crippen molar-refractivity contribution in [3.05, 3.63) is 30.0 Å². The van der Waals surface area contributed by atoms with E-state index in [0.717, 1.165) is 43.1 Å². The number of anilines is 4. The number of benzene rings is 1. The van der Waals surface area contributed by atoms with E-state index >= 15 is 0 Å². The molecule has 1 aromatic carbocycles. The number of nitrogens with one attached hydrogen (secondary N) is 2. The average Bonchev–Trinajstić information content (AvgIpc) is 2.62. The van der Waals surface area contributed by atoms with Crippen molar-refractivity contribution in [2.24, 2.45) is 0 Å². The zero-order valence-electron chi connectivity index (χ0n) is 15.8. The Kier molecular flexibility index (Phi) is 7.44. The van der Waals surface area contributed by atoms with Crippen LogP contribution >= 0.6 is 0 Å². The molecule has 0 saturated heterocycles. The number of unbranched alkanes of at least 4 members (excludes halogenated alkanes) is 2. The summed E-state index contributed by atoms with van der Waals surface area (Å²) in [7, 11) is 0. The van der Waals surface area contributed by atoms with E-state index in [1.54, 1.807) is 6.20 Å². The monoisotopic (exact) mass is 342 g/mol. The van der Waals surface area contributed by atoms with Gasteiger partial charge in [0.05, 0.1) is 6.20 Å². The molecule has 6 nitrogen and oxygen atoms in total. The smallest absolute Gasteiger partial charge is 0.249 e. The van der Waals surface area contributed by atoms with Gasteiger partial charge in [0.1, 0.15) is 0 Å². The van der Waals surface area contributed by atoms with Gasteiger partial charge < -0.3 is 15.5 Å². The van der Waals surface area contributed by atoms with Crippen LogP contribution in [0.3, 0.4) is 0 Å². The minimum absolute atomic E-state index is 0.513. The van der Waals surface area contributed by atoms with Crippen LogP contribution in [0.4, 0.5) is 23.1 Å². The molecule has 2 aromatic rings. The molecule has 136 valence electrons. The first kappa shape index (κ1) is 19.0. The number of hydrogen-bond donors (Lipinski definition) is 2. The summed E-state index contributed by atoms with van der Waals surface area (Å²) in [6.07, 6.45) is 5.22. The van der Waals surface area contributed by atoms with E-state index in [0.29, 0.717) is 5.95 Å². The topological polar surface area (TPSA) is 66.0 Å². The van der Waals surface area contributed by atoms with E-state index in [2.05, 4.69) is 76.6 Å². The first-order valence-electron chi connectivity index (χ1n) is 9.24. The predicted octanol–water partition coefficient (Wildman–Crippen LogP) is 4.37. The fraction of sp³-hybridized carbons (Fsp3) is 0.526. The zero-order chi connectivity index (χ0) is 18.1. The molecule has 0 saturated carbocycles. The van der Waals surface area contributed by atoms with Crippen molar-refractivity contribution in [2.75, 3.05) is 35.2 Å². The van der Waals surface area contributed by atoms with Gasteiger partial charge in [-0.2, -0.15) is 10.1 Å². The van der Waals surface area contributed by atoms with Crippen molar-refractivity contribution in [3.63, 3.8) is 0 Å². The van der Waals surface area contributed by atoms with Gasteiger partial charge in [-0.15, -0.1) is 5.10 Å². The van der Waals surface area contributed by atoms with Crippen LogP contribution in [0.25, 0.3) is 0 Å². The lowest BCUT2D eigenvalue weighted by atomic mass is 10.1. The molecule has 0 aliphatic carbocycles. The van der Waals surface area contributed by atoms with E-state index in [-0.39, 0.29) is 0 Å². The van der Waals surface area contributed by atoms with E-state index < -0.39 is 0 Å². The summed E-state index contributed by atoms with van der Waals surface area (Å²) in [5, 5.41) is 14.7. The standard InChI is InChI=1S/C19H30N6/c1-5-8-9-12-20-18-14-21-24-19(23-18)22-17-11-10-16(13-15(17)4)25(6-2)7-3/h10-11,13-14H,5-9,12H2,1-4H3,(H2,20,22,23,24). The van der Waals surface area contributed by atoms with Gasteiger partial charge in [0.25, 0.3) is 0 Å². The normalized spacial score (nSPS) is 10.6. The van der Waals surface area contributed by atoms with Gasteiger partial charge in [0, 0.05) is 31.0 Å². The molecule has 0 radical (unpaired) electrons. The summed E-state index contributed by atoms with van der Waals surface area (Å²) in [5.74, 6) is 1.27. The second kappa shape index (κ2) is 9.81. The second-order valence-corrected chi connectivity index (χ2v) is 6.10. The Morgan fingerprint density at radius 3 is 2.56 bits per heavy atom. The van der Waals surface area contributed by atoms with Gasteiger partial charge in [-0.1, -0.05) is 19.8 Å². The van der Waals surface area contributed by atoms with Crippen LogP contribution < -0.4 is 15.5 Å². The largest absolute Gasteiger partial charge is 0.372 e. The Bertz CT molecular complexity index is 654. The molecule has 1 heterocycles. The van der Waals surface area contributed by atoms with Crippen LogP contribution in [0.2, 0.25) is 0 Å². The molecule has 0 aliphatic heterocycles. The summed E-state index contributed by atoms with van der Waals surface area (Å²) in [5.41, 5.74) is 3.40. The highest BCUT2D eigenvalue weighted by molar-refractivity contribution is 5.64.